The summed E-state index contributed by atoms with van der Waals surface area (Å²) < 4.78 is 5.45. The first-order valence-corrected chi connectivity index (χ1v) is 12.7. The maximum atomic E-state index is 9.93. The molecule has 0 radical (unpaired) electrons. The fraction of sp³-hybridized carbons (Fsp3) is 0.440. The van der Waals surface area contributed by atoms with Gasteiger partial charge in [0, 0.05) is 41.5 Å². The number of rotatable bonds is 5. The highest BCUT2D eigenvalue weighted by Gasteiger charge is 2.20. The van der Waals surface area contributed by atoms with Gasteiger partial charge in [-0.2, -0.15) is 0 Å². The van der Waals surface area contributed by atoms with E-state index in [9.17, 15) is 4.79 Å². The smallest absolute Gasteiger partial charge is 0.209 e. The molecular formula is C25H35N7O2S. The Bertz CT molecular complexity index is 1140. The number of likely N-dealkylation sites (tertiary alicyclic amines) is 1. The number of aromatic nitrogens is 2. The summed E-state index contributed by atoms with van der Waals surface area (Å²) in [5.74, 6) is 1.40. The second-order valence-electron chi connectivity index (χ2n) is 8.41. The number of amides is 1. The van der Waals surface area contributed by atoms with Gasteiger partial charge in [0.15, 0.2) is 0 Å². The van der Waals surface area contributed by atoms with Crippen LogP contribution in [-0.2, 0) is 17.6 Å². The molecule has 5 N–H and O–H groups in total. The molecule has 0 bridgehead atoms. The van der Waals surface area contributed by atoms with Crippen LogP contribution in [0, 0.1) is 5.41 Å². The third kappa shape index (κ3) is 6.46. The highest BCUT2D eigenvalue weighted by molar-refractivity contribution is 7.19. The first-order chi connectivity index (χ1) is 17.1. The van der Waals surface area contributed by atoms with E-state index in [-0.39, 0.29) is 0 Å². The molecule has 188 valence electrons. The molecule has 2 aliphatic rings. The molecule has 0 atom stereocenters. The molecule has 5 rings (SSSR count). The van der Waals surface area contributed by atoms with Crippen molar-refractivity contribution >= 4 is 51.4 Å². The molecule has 1 aromatic carbocycles. The SMILES string of the molecule is CNC.COc1cc(N)c(C=N)cc1Nc1ncnc2sc3c(c12)CCCC3.O=CN1CCCC1. The van der Waals surface area contributed by atoms with E-state index >= 15 is 0 Å². The van der Waals surface area contributed by atoms with Gasteiger partial charge in [-0.1, -0.05) is 0 Å². The van der Waals surface area contributed by atoms with Gasteiger partial charge in [0.05, 0.1) is 18.2 Å². The first-order valence-electron chi connectivity index (χ1n) is 11.8. The number of nitrogens with zero attached hydrogens (tertiary/aromatic N) is 3. The molecule has 1 amide bonds. The quantitative estimate of drug-likeness (QED) is 0.238. The largest absolute Gasteiger partial charge is 0.494 e. The highest BCUT2D eigenvalue weighted by Crippen LogP contribution is 2.40. The zero-order chi connectivity index (χ0) is 25.2. The fourth-order valence-electron chi connectivity index (χ4n) is 4.16. The minimum atomic E-state index is 0.512. The Morgan fingerprint density at radius 1 is 1.14 bits per heavy atom. The second kappa shape index (κ2) is 13.0. The van der Waals surface area contributed by atoms with Crippen LogP contribution >= 0.6 is 11.3 Å². The van der Waals surface area contributed by atoms with Crippen molar-refractivity contribution in [2.45, 2.75) is 38.5 Å². The van der Waals surface area contributed by atoms with Gasteiger partial charge in [-0.25, -0.2) is 9.97 Å². The van der Waals surface area contributed by atoms with Gasteiger partial charge in [0.1, 0.15) is 22.7 Å². The van der Waals surface area contributed by atoms with Crippen molar-refractivity contribution in [2.75, 3.05) is 45.3 Å². The number of carbonyl (C=O) groups is 1. The van der Waals surface area contributed by atoms with Crippen LogP contribution in [0.15, 0.2) is 18.5 Å². The molecule has 0 spiro atoms. The van der Waals surface area contributed by atoms with Crippen LogP contribution in [0.2, 0.25) is 0 Å². The van der Waals surface area contributed by atoms with Gasteiger partial charge in [-0.05, 0) is 64.3 Å². The predicted octanol–water partition coefficient (Wildman–Crippen LogP) is 3.98. The van der Waals surface area contributed by atoms with Crippen LogP contribution in [0.1, 0.15) is 41.7 Å². The van der Waals surface area contributed by atoms with Crippen molar-refractivity contribution in [2.24, 2.45) is 0 Å². The minimum Gasteiger partial charge on any atom is -0.494 e. The number of nitrogens with two attached hydrogens (primary N) is 1. The number of nitrogens with one attached hydrogen (secondary N) is 3. The average molecular weight is 498 g/mol. The molecule has 3 heterocycles. The lowest BCUT2D eigenvalue weighted by atomic mass is 9.97. The molecule has 1 aliphatic heterocycles. The number of carbonyl (C=O) groups excluding carboxylic acids is 1. The predicted molar refractivity (Wildman–Crippen MR) is 144 cm³/mol. The molecule has 0 unspecified atom stereocenters. The lowest BCUT2D eigenvalue weighted by Crippen LogP contribution is -2.15. The summed E-state index contributed by atoms with van der Waals surface area (Å²) in [6.07, 6.45) is 10.8. The molecule has 1 fully saturated rings. The van der Waals surface area contributed by atoms with E-state index < -0.39 is 0 Å². The summed E-state index contributed by atoms with van der Waals surface area (Å²) in [5.41, 5.74) is 9.22. The van der Waals surface area contributed by atoms with Gasteiger partial charge in [0.2, 0.25) is 6.41 Å². The summed E-state index contributed by atoms with van der Waals surface area (Å²) in [7, 11) is 5.35. The van der Waals surface area contributed by atoms with Crippen LogP contribution in [0.25, 0.3) is 10.2 Å². The summed E-state index contributed by atoms with van der Waals surface area (Å²) in [6, 6.07) is 3.54. The maximum Gasteiger partial charge on any atom is 0.209 e. The molecular weight excluding hydrogens is 462 g/mol. The lowest BCUT2D eigenvalue weighted by molar-refractivity contribution is -0.117. The van der Waals surface area contributed by atoms with Crippen molar-refractivity contribution in [3.05, 3.63) is 34.5 Å². The standard InChI is InChI=1S/C18H19N5OS.C5H9NO.C2H7N/c1-24-14-7-12(20)10(8-19)6-13(14)23-17-16-11-4-2-3-5-15(11)25-18(16)22-9-21-17;7-5-6-3-1-2-4-6;1-3-2/h6-9,19H,2-5,20H2,1H3,(H,21,22,23);5H,1-4H2;3H,1-2H3. The Morgan fingerprint density at radius 3 is 2.49 bits per heavy atom. The number of anilines is 3. The Kier molecular flexibility index (Phi) is 9.80. The molecule has 0 saturated carbocycles. The number of nitrogen functional groups attached to an aromatic ring is 1. The second-order valence-corrected chi connectivity index (χ2v) is 9.50. The normalized spacial score (nSPS) is 14.2. The summed E-state index contributed by atoms with van der Waals surface area (Å²) >= 11 is 1.77. The van der Waals surface area contributed by atoms with E-state index in [1.165, 1.54) is 42.3 Å². The van der Waals surface area contributed by atoms with Crippen molar-refractivity contribution in [3.8, 4) is 5.75 Å². The van der Waals surface area contributed by atoms with Crippen LogP contribution in [0.5, 0.6) is 5.75 Å². The molecule has 35 heavy (non-hydrogen) atoms. The molecule has 2 aromatic heterocycles. The van der Waals surface area contributed by atoms with Gasteiger partial charge < -0.3 is 31.4 Å². The molecule has 9 nitrogen and oxygen atoms in total. The molecule has 3 aromatic rings. The van der Waals surface area contributed by atoms with Crippen LogP contribution < -0.4 is 21.1 Å². The lowest BCUT2D eigenvalue weighted by Gasteiger charge is -2.15. The Balaban J connectivity index is 0.000000288. The topological polar surface area (TPSA) is 129 Å². The van der Waals surface area contributed by atoms with E-state index in [0.717, 1.165) is 54.1 Å². The zero-order valence-electron chi connectivity index (χ0n) is 20.7. The molecule has 1 saturated heterocycles. The van der Waals surface area contributed by atoms with Crippen LogP contribution in [0.4, 0.5) is 17.2 Å². The van der Waals surface area contributed by atoms with Gasteiger partial charge in [0.25, 0.3) is 0 Å². The van der Waals surface area contributed by atoms with Gasteiger partial charge >= 0.3 is 0 Å². The van der Waals surface area contributed by atoms with E-state index in [2.05, 4.69) is 20.6 Å². The fourth-order valence-corrected chi connectivity index (χ4v) is 5.39. The van der Waals surface area contributed by atoms with Gasteiger partial charge in [-0.3, -0.25) is 4.79 Å². The number of thiophene rings is 1. The van der Waals surface area contributed by atoms with Crippen LogP contribution in [-0.4, -0.2) is 61.8 Å². The Labute approximate surface area is 210 Å². The van der Waals surface area contributed by atoms with E-state index in [4.69, 9.17) is 15.9 Å². The Hall–Kier alpha value is -3.24. The highest BCUT2D eigenvalue weighted by atomic mass is 32.1. The third-order valence-electron chi connectivity index (χ3n) is 5.85. The number of fused-ring (bicyclic) bond motifs is 3. The van der Waals surface area contributed by atoms with Crippen molar-refractivity contribution in [1.82, 2.24) is 20.2 Å². The van der Waals surface area contributed by atoms with E-state index in [1.54, 1.807) is 35.7 Å². The number of methoxy groups -OCH3 is 1. The van der Waals surface area contributed by atoms with E-state index in [1.807, 2.05) is 20.2 Å². The zero-order valence-corrected chi connectivity index (χ0v) is 21.5. The van der Waals surface area contributed by atoms with E-state index in [0.29, 0.717) is 17.0 Å². The molecule has 1 aliphatic carbocycles. The number of hydrogen-bond donors (Lipinski definition) is 4. The summed E-state index contributed by atoms with van der Waals surface area (Å²) in [4.78, 5) is 23.1. The average Bonchev–Trinajstić information content (AvgIpc) is 3.54. The van der Waals surface area contributed by atoms with Crippen LogP contribution in [0.3, 0.4) is 0 Å². The monoisotopic (exact) mass is 497 g/mol. The third-order valence-corrected chi connectivity index (χ3v) is 7.05. The summed E-state index contributed by atoms with van der Waals surface area (Å²) in [5, 5.41) is 14.8. The summed E-state index contributed by atoms with van der Waals surface area (Å²) in [6.45, 7) is 1.95. The molecule has 10 heteroatoms. The van der Waals surface area contributed by atoms with Crippen molar-refractivity contribution in [1.29, 1.82) is 5.41 Å². The number of benzene rings is 1. The van der Waals surface area contributed by atoms with Gasteiger partial charge in [-0.15, -0.1) is 11.3 Å². The van der Waals surface area contributed by atoms with Crippen molar-refractivity contribution in [3.63, 3.8) is 0 Å². The number of hydrogen-bond acceptors (Lipinski definition) is 9. The Morgan fingerprint density at radius 2 is 1.86 bits per heavy atom. The number of aryl methyl sites for hydroxylation is 2. The maximum absolute atomic E-state index is 9.93. The van der Waals surface area contributed by atoms with Crippen molar-refractivity contribution < 1.29 is 9.53 Å². The number of ether oxygens (including phenoxy) is 1. The minimum absolute atomic E-state index is 0.512. The first kappa shape index (κ1) is 26.4.